The molecule has 2 heterocycles. The second-order valence-corrected chi connectivity index (χ2v) is 7.24. The van der Waals surface area contributed by atoms with Crippen LogP contribution in [0.15, 0.2) is 65.1 Å². The van der Waals surface area contributed by atoms with E-state index in [2.05, 4.69) is 32.0 Å². The van der Waals surface area contributed by atoms with Crippen molar-refractivity contribution >= 4 is 43.5 Å². The zero-order chi connectivity index (χ0) is 19.0. The number of aryl methyl sites for hydroxylation is 1. The Balaban J connectivity index is 1.85. The molecule has 0 N–H and O–H groups in total. The number of para-hydroxylation sites is 1. The molecule has 2 aromatic heterocycles. The number of hydrogen-bond donors (Lipinski definition) is 0. The first-order chi connectivity index (χ1) is 13.1. The number of Topliss-reactive ketones (excluding diaryl/α,β-unsaturated/α-hetero) is 1. The number of nitrogens with zero attached hydrogens (tertiary/aromatic N) is 3. The van der Waals surface area contributed by atoms with Crippen LogP contribution in [0.5, 0.6) is 0 Å². The lowest BCUT2D eigenvalue weighted by molar-refractivity contribution is 0.0979. The number of pyridine rings is 2. The minimum atomic E-state index is -0.969. The zero-order valence-corrected chi connectivity index (χ0v) is 16.1. The van der Waals surface area contributed by atoms with Crippen molar-refractivity contribution in [2.45, 2.75) is 12.8 Å². The quantitative estimate of drug-likeness (QED) is 0.423. The third kappa shape index (κ3) is 3.20. The van der Waals surface area contributed by atoms with Crippen molar-refractivity contribution in [3.05, 3.63) is 82.1 Å². The van der Waals surface area contributed by atoms with Crippen LogP contribution in [-0.4, -0.2) is 15.8 Å². The van der Waals surface area contributed by atoms with Crippen LogP contribution in [0.3, 0.4) is 0 Å². The highest BCUT2D eigenvalue weighted by atomic mass is 79.9. The summed E-state index contributed by atoms with van der Waals surface area (Å²) in [5.74, 6) is -1.23. The van der Waals surface area contributed by atoms with E-state index in [9.17, 15) is 10.1 Å². The number of halogens is 1. The standard InChI is InChI=1S/C22H14BrN3O/c1-13-10-17(16-8-7-15(23)11-21(16)25-13)22(27)18(12-24)20-9-6-14-4-2-3-5-19(14)26-20/h2-11,18H,1H3. The molecule has 4 aromatic rings. The molecule has 0 bridgehead atoms. The molecule has 0 saturated carbocycles. The van der Waals surface area contributed by atoms with Gasteiger partial charge in [-0.15, -0.1) is 0 Å². The number of carbonyl (C=O) groups excluding carboxylic acids is 1. The molecule has 0 aliphatic rings. The highest BCUT2D eigenvalue weighted by Crippen LogP contribution is 2.28. The van der Waals surface area contributed by atoms with Crippen molar-refractivity contribution in [2.24, 2.45) is 0 Å². The van der Waals surface area contributed by atoms with E-state index >= 15 is 0 Å². The average molecular weight is 416 g/mol. The van der Waals surface area contributed by atoms with Crippen LogP contribution in [0, 0.1) is 18.3 Å². The summed E-state index contributed by atoms with van der Waals surface area (Å²) < 4.78 is 0.888. The molecule has 1 unspecified atom stereocenters. The minimum Gasteiger partial charge on any atom is -0.292 e. The highest BCUT2D eigenvalue weighted by Gasteiger charge is 2.25. The first-order valence-corrected chi connectivity index (χ1v) is 9.22. The van der Waals surface area contributed by atoms with Gasteiger partial charge in [-0.05, 0) is 37.3 Å². The van der Waals surface area contributed by atoms with Gasteiger partial charge in [0.05, 0.1) is 22.8 Å². The van der Waals surface area contributed by atoms with E-state index in [1.165, 1.54) is 0 Å². The Morgan fingerprint density at radius 3 is 2.67 bits per heavy atom. The van der Waals surface area contributed by atoms with E-state index in [1.54, 1.807) is 12.1 Å². The van der Waals surface area contributed by atoms with Gasteiger partial charge in [0.1, 0.15) is 0 Å². The molecule has 0 spiro atoms. The van der Waals surface area contributed by atoms with Gasteiger partial charge in [-0.3, -0.25) is 14.8 Å². The number of aromatic nitrogens is 2. The Morgan fingerprint density at radius 2 is 1.85 bits per heavy atom. The Morgan fingerprint density at radius 1 is 1.04 bits per heavy atom. The van der Waals surface area contributed by atoms with E-state index in [4.69, 9.17) is 0 Å². The lowest BCUT2D eigenvalue weighted by atomic mass is 9.92. The van der Waals surface area contributed by atoms with Crippen LogP contribution in [0.4, 0.5) is 0 Å². The van der Waals surface area contributed by atoms with Crippen molar-refractivity contribution in [3.8, 4) is 6.07 Å². The summed E-state index contributed by atoms with van der Waals surface area (Å²) in [6, 6.07) is 20.8. The summed E-state index contributed by atoms with van der Waals surface area (Å²) in [7, 11) is 0. The maximum Gasteiger partial charge on any atom is 0.186 e. The third-order valence-corrected chi connectivity index (χ3v) is 4.97. The van der Waals surface area contributed by atoms with E-state index in [0.717, 1.165) is 32.0 Å². The Hall–Kier alpha value is -3.10. The minimum absolute atomic E-state index is 0.266. The predicted octanol–water partition coefficient (Wildman–Crippen LogP) is 5.34. The smallest absolute Gasteiger partial charge is 0.186 e. The van der Waals surface area contributed by atoms with Crippen molar-refractivity contribution < 1.29 is 4.79 Å². The first-order valence-electron chi connectivity index (χ1n) is 8.43. The van der Waals surface area contributed by atoms with Crippen LogP contribution in [-0.2, 0) is 0 Å². The lowest BCUT2D eigenvalue weighted by Gasteiger charge is -2.12. The van der Waals surface area contributed by atoms with Gasteiger partial charge in [-0.25, -0.2) is 0 Å². The van der Waals surface area contributed by atoms with Crippen LogP contribution >= 0.6 is 15.9 Å². The zero-order valence-electron chi connectivity index (χ0n) is 14.5. The molecule has 0 aliphatic heterocycles. The van der Waals surface area contributed by atoms with E-state index in [0.29, 0.717) is 11.3 Å². The summed E-state index contributed by atoms with van der Waals surface area (Å²) in [6.45, 7) is 1.84. The van der Waals surface area contributed by atoms with Crippen LogP contribution < -0.4 is 0 Å². The lowest BCUT2D eigenvalue weighted by Crippen LogP contribution is -2.14. The fraction of sp³-hybridized carbons (Fsp3) is 0.0909. The maximum absolute atomic E-state index is 13.3. The molecule has 0 saturated heterocycles. The molecule has 2 aromatic carbocycles. The molecule has 0 amide bonds. The summed E-state index contributed by atoms with van der Waals surface area (Å²) in [4.78, 5) is 22.3. The van der Waals surface area contributed by atoms with E-state index < -0.39 is 5.92 Å². The molecular weight excluding hydrogens is 402 g/mol. The predicted molar refractivity (Wildman–Crippen MR) is 109 cm³/mol. The van der Waals surface area contributed by atoms with E-state index in [1.807, 2.05) is 55.5 Å². The summed E-state index contributed by atoms with van der Waals surface area (Å²) in [5, 5.41) is 11.4. The van der Waals surface area contributed by atoms with Crippen molar-refractivity contribution in [1.82, 2.24) is 9.97 Å². The number of hydrogen-bond acceptors (Lipinski definition) is 4. The van der Waals surface area contributed by atoms with Gasteiger partial charge in [0, 0.05) is 26.5 Å². The van der Waals surface area contributed by atoms with Gasteiger partial charge in [-0.1, -0.05) is 46.3 Å². The van der Waals surface area contributed by atoms with Gasteiger partial charge in [-0.2, -0.15) is 5.26 Å². The normalized spacial score (nSPS) is 12.0. The number of carbonyl (C=O) groups is 1. The monoisotopic (exact) mass is 415 g/mol. The molecule has 4 nitrogen and oxygen atoms in total. The first kappa shape index (κ1) is 17.3. The Labute approximate surface area is 164 Å². The van der Waals surface area contributed by atoms with Crippen molar-refractivity contribution in [3.63, 3.8) is 0 Å². The van der Waals surface area contributed by atoms with Crippen LogP contribution in [0.25, 0.3) is 21.8 Å². The molecule has 27 heavy (non-hydrogen) atoms. The van der Waals surface area contributed by atoms with Crippen molar-refractivity contribution in [2.75, 3.05) is 0 Å². The van der Waals surface area contributed by atoms with Gasteiger partial charge in [0.2, 0.25) is 0 Å². The van der Waals surface area contributed by atoms with Gasteiger partial charge in [0.15, 0.2) is 11.7 Å². The van der Waals surface area contributed by atoms with Crippen LogP contribution in [0.1, 0.15) is 27.7 Å². The maximum atomic E-state index is 13.3. The number of fused-ring (bicyclic) bond motifs is 2. The fourth-order valence-corrected chi connectivity index (χ4v) is 3.54. The molecule has 5 heteroatoms. The average Bonchev–Trinajstić information content (AvgIpc) is 2.67. The van der Waals surface area contributed by atoms with E-state index in [-0.39, 0.29) is 5.78 Å². The number of nitriles is 1. The van der Waals surface area contributed by atoms with Gasteiger partial charge >= 0.3 is 0 Å². The topological polar surface area (TPSA) is 66.6 Å². The number of benzene rings is 2. The summed E-state index contributed by atoms with van der Waals surface area (Å²) >= 11 is 3.43. The second kappa shape index (κ2) is 6.90. The molecular formula is C22H14BrN3O. The summed E-state index contributed by atoms with van der Waals surface area (Å²) in [5.41, 5.74) is 3.16. The molecule has 1 atom stereocenters. The molecule has 0 aliphatic carbocycles. The fourth-order valence-electron chi connectivity index (χ4n) is 3.19. The van der Waals surface area contributed by atoms with Crippen LogP contribution in [0.2, 0.25) is 0 Å². The molecule has 0 radical (unpaired) electrons. The SMILES string of the molecule is Cc1cc(C(=O)C(C#N)c2ccc3ccccc3n2)c2ccc(Br)cc2n1. The molecule has 4 rings (SSSR count). The highest BCUT2D eigenvalue weighted by molar-refractivity contribution is 9.10. The third-order valence-electron chi connectivity index (χ3n) is 4.47. The molecule has 0 fully saturated rings. The Kier molecular flexibility index (Phi) is 4.43. The van der Waals surface area contributed by atoms with Gasteiger partial charge in [0.25, 0.3) is 0 Å². The Bertz CT molecular complexity index is 1240. The summed E-state index contributed by atoms with van der Waals surface area (Å²) in [6.07, 6.45) is 0. The number of rotatable bonds is 3. The van der Waals surface area contributed by atoms with Gasteiger partial charge < -0.3 is 0 Å². The molecule has 130 valence electrons. The van der Waals surface area contributed by atoms with Crippen molar-refractivity contribution in [1.29, 1.82) is 5.26 Å². The largest absolute Gasteiger partial charge is 0.292 e. The second-order valence-electron chi connectivity index (χ2n) is 6.33. The number of ketones is 1.